The summed E-state index contributed by atoms with van der Waals surface area (Å²) < 4.78 is 37.5. The van der Waals surface area contributed by atoms with Crippen molar-refractivity contribution in [1.82, 2.24) is 41.4 Å². The van der Waals surface area contributed by atoms with Gasteiger partial charge < -0.3 is 54.9 Å². The molecule has 5 N–H and O–H groups in total. The number of hydrogen-bond donors (Lipinski definition) is 5. The minimum atomic E-state index is -0.692. The van der Waals surface area contributed by atoms with Gasteiger partial charge in [-0.1, -0.05) is 61.7 Å². The number of nitrogens with zero attached hydrogens (tertiary/aromatic N) is 4. The maximum absolute atomic E-state index is 15.0. The highest BCUT2D eigenvalue weighted by atomic mass is 19.1. The molecule has 20 heteroatoms. The number of aryl methyl sites for hydroxylation is 2. The van der Waals surface area contributed by atoms with E-state index in [9.17, 15) is 33.2 Å². The minimum Gasteiger partial charge on any atom is -0.497 e. The van der Waals surface area contributed by atoms with Crippen molar-refractivity contribution in [2.75, 3.05) is 106 Å². The molecule has 2 aliphatic heterocycles. The Bertz CT molecular complexity index is 2750. The molecule has 0 bridgehead atoms. The number of piperidine rings is 1. The van der Waals surface area contributed by atoms with E-state index in [0.717, 1.165) is 72.9 Å². The molecule has 81 heavy (non-hydrogen) atoms. The number of rotatable bonds is 29. The Morgan fingerprint density at radius 1 is 0.704 bits per heavy atom. The van der Waals surface area contributed by atoms with Gasteiger partial charge in [0, 0.05) is 94.3 Å². The molecule has 2 heterocycles. The normalized spacial score (nSPS) is 16.0. The maximum atomic E-state index is 15.0. The van der Waals surface area contributed by atoms with Crippen molar-refractivity contribution < 1.29 is 52.1 Å². The molecule has 1 saturated carbocycles. The van der Waals surface area contributed by atoms with Crippen molar-refractivity contribution in [2.24, 2.45) is 11.0 Å². The van der Waals surface area contributed by atoms with Gasteiger partial charge in [-0.2, -0.15) is 5.10 Å². The molecule has 2 atom stereocenters. The highest BCUT2D eigenvalue weighted by molar-refractivity contribution is 5.98. The number of carbonyl (C=O) groups is 6. The molecular weight excluding hydrogens is 1040 g/mol. The van der Waals surface area contributed by atoms with E-state index in [1.807, 2.05) is 60.4 Å². The molecule has 3 aliphatic rings. The van der Waals surface area contributed by atoms with Crippen molar-refractivity contribution in [3.8, 4) is 11.5 Å². The smallest absolute Gasteiger partial charge is 0.271 e. The first kappa shape index (κ1) is 61.4. The first-order chi connectivity index (χ1) is 39.5. The molecule has 2 unspecified atom stereocenters. The van der Waals surface area contributed by atoms with E-state index in [1.165, 1.54) is 6.07 Å². The first-order valence-corrected chi connectivity index (χ1v) is 28.5. The number of carbonyl (C=O) groups excluding carboxylic acids is 6. The van der Waals surface area contributed by atoms with Crippen LogP contribution in [0.3, 0.4) is 0 Å². The topological polar surface area (TPSA) is 222 Å². The van der Waals surface area contributed by atoms with Crippen LogP contribution < -0.4 is 36.2 Å². The Morgan fingerprint density at radius 3 is 2.21 bits per heavy atom. The van der Waals surface area contributed by atoms with Gasteiger partial charge in [0.05, 0.1) is 58.8 Å². The summed E-state index contributed by atoms with van der Waals surface area (Å²) in [5.41, 5.74) is 6.73. The average Bonchev–Trinajstić information content (AvgIpc) is 3.57. The molecule has 2 saturated heterocycles. The number of halogens is 1. The third kappa shape index (κ3) is 18.4. The Hall–Kier alpha value is -7.26. The molecule has 19 nitrogen and oxygen atoms in total. The van der Waals surface area contributed by atoms with Gasteiger partial charge in [0.15, 0.2) is 0 Å². The van der Waals surface area contributed by atoms with Crippen molar-refractivity contribution in [3.63, 3.8) is 0 Å². The van der Waals surface area contributed by atoms with Gasteiger partial charge in [0.1, 0.15) is 23.4 Å². The summed E-state index contributed by atoms with van der Waals surface area (Å²) in [6.45, 7) is 10.8. The van der Waals surface area contributed by atoms with E-state index in [1.54, 1.807) is 47.2 Å². The zero-order chi connectivity index (χ0) is 57.3. The van der Waals surface area contributed by atoms with Crippen LogP contribution >= 0.6 is 0 Å². The lowest BCUT2D eigenvalue weighted by molar-refractivity contribution is -0.132. The summed E-state index contributed by atoms with van der Waals surface area (Å²) in [6, 6.07) is 24.1. The predicted molar refractivity (Wildman–Crippen MR) is 306 cm³/mol. The average molecular weight is 1120 g/mol. The number of amides is 6. The number of methoxy groups -OCH3 is 1. The molecule has 0 radical (unpaired) electrons. The van der Waals surface area contributed by atoms with Gasteiger partial charge in [0.25, 0.3) is 17.7 Å². The van der Waals surface area contributed by atoms with E-state index in [2.05, 4.69) is 38.5 Å². The van der Waals surface area contributed by atoms with Crippen molar-refractivity contribution >= 4 is 42.2 Å². The van der Waals surface area contributed by atoms with Crippen LogP contribution in [0.2, 0.25) is 0 Å². The first-order valence-electron chi connectivity index (χ1n) is 28.5. The van der Waals surface area contributed by atoms with Crippen LogP contribution in [0.15, 0.2) is 90.0 Å². The van der Waals surface area contributed by atoms with Gasteiger partial charge in [-0.25, -0.2) is 9.82 Å². The third-order valence-corrected chi connectivity index (χ3v) is 15.2. The molecule has 4 aromatic rings. The molecule has 1 aliphatic carbocycles. The van der Waals surface area contributed by atoms with Crippen molar-refractivity contribution in [2.45, 2.75) is 83.2 Å². The maximum Gasteiger partial charge on any atom is 0.271 e. The zero-order valence-electron chi connectivity index (χ0n) is 46.9. The summed E-state index contributed by atoms with van der Waals surface area (Å²) in [5.74, 6) is -0.552. The van der Waals surface area contributed by atoms with Crippen LogP contribution in [0.5, 0.6) is 11.5 Å². The standard InChI is InChI=1S/C61H80FN9O10/c1-4-81-54-38-50(78-3)23-22-48(54)39-65-41-56(73)71-27-11-17-49(42-71)46-15-10-16-47(37-46)58(74)67-57(45-13-6-5-7-14-45)60(76)66-26-33-80-35-34-79-32-25-64-40-55(72)69-28-30-70(31-29-69)61(77)52-36-43(20-24-53(52)62)19-21-44-12-8-9-18-51(44)59(75)68-63-2/h8-10,12,15-16,18,20,22-24,36-38,45,49,57,64-65H,2,4-7,11,13-14,17,19,21,25-35,39-42H2,1,3H3,(H,66,76)(H,67,74)(H,68,75). The fourth-order valence-electron chi connectivity index (χ4n) is 10.7. The van der Waals surface area contributed by atoms with Gasteiger partial charge in [-0.15, -0.1) is 0 Å². The zero-order valence-corrected chi connectivity index (χ0v) is 46.9. The van der Waals surface area contributed by atoms with E-state index in [0.29, 0.717) is 95.4 Å². The highest BCUT2D eigenvalue weighted by Crippen LogP contribution is 2.30. The molecule has 436 valence electrons. The van der Waals surface area contributed by atoms with Gasteiger partial charge in [0.2, 0.25) is 17.7 Å². The number of nitrogens with one attached hydrogen (secondary N) is 5. The fourth-order valence-corrected chi connectivity index (χ4v) is 10.7. The van der Waals surface area contributed by atoms with Gasteiger partial charge in [-0.3, -0.25) is 28.8 Å². The Labute approximate surface area is 475 Å². The molecule has 0 spiro atoms. The number of piperazine rings is 1. The monoisotopic (exact) mass is 1120 g/mol. The number of hydrogen-bond acceptors (Lipinski definition) is 13. The number of ether oxygens (including phenoxy) is 4. The molecule has 3 fully saturated rings. The molecule has 0 aromatic heterocycles. The Balaban J connectivity index is 0.758. The lowest BCUT2D eigenvalue weighted by atomic mass is 9.83. The SMILES string of the molecule is C=NNC(=O)c1ccccc1CCc1ccc(F)c(C(=O)N2CCN(C(=O)CNCCOCCOCCNC(=O)C(NC(=O)c3cccc(C4CCCN(C(=O)CNCc5ccc(OC)cc5OCC)C4)c3)C3CCCCC3)CC2)c1. The van der Waals surface area contributed by atoms with Gasteiger partial charge >= 0.3 is 0 Å². The third-order valence-electron chi connectivity index (χ3n) is 15.2. The van der Waals surface area contributed by atoms with Crippen LogP contribution in [-0.2, 0) is 43.2 Å². The lowest BCUT2D eigenvalue weighted by Gasteiger charge is -2.35. The quantitative estimate of drug-likeness (QED) is 0.0267. The fraction of sp³-hybridized carbons (Fsp3) is 0.492. The summed E-state index contributed by atoms with van der Waals surface area (Å²) >= 11 is 0. The lowest BCUT2D eigenvalue weighted by Crippen LogP contribution is -2.52. The predicted octanol–water partition coefficient (Wildman–Crippen LogP) is 5.26. The summed E-state index contributed by atoms with van der Waals surface area (Å²) in [6.07, 6.45) is 7.51. The Morgan fingerprint density at radius 2 is 1.44 bits per heavy atom. The van der Waals surface area contributed by atoms with E-state index >= 15 is 0 Å². The van der Waals surface area contributed by atoms with Crippen LogP contribution in [0.1, 0.15) is 111 Å². The molecule has 7 rings (SSSR count). The Kier molecular flexibility index (Phi) is 24.4. The second-order valence-electron chi connectivity index (χ2n) is 20.6. The van der Waals surface area contributed by atoms with E-state index < -0.39 is 17.8 Å². The second kappa shape index (κ2) is 32.3. The second-order valence-corrected chi connectivity index (χ2v) is 20.6. The number of benzene rings is 4. The van der Waals surface area contributed by atoms with E-state index in [4.69, 9.17) is 18.9 Å². The van der Waals surface area contributed by atoms with Crippen LogP contribution in [0.4, 0.5) is 4.39 Å². The highest BCUT2D eigenvalue weighted by Gasteiger charge is 2.32. The van der Waals surface area contributed by atoms with Gasteiger partial charge in [-0.05, 0) is 104 Å². The number of likely N-dealkylation sites (tertiary alicyclic amines) is 1. The summed E-state index contributed by atoms with van der Waals surface area (Å²) in [5, 5.41) is 15.9. The largest absolute Gasteiger partial charge is 0.497 e. The van der Waals surface area contributed by atoms with Crippen LogP contribution in [0.25, 0.3) is 0 Å². The van der Waals surface area contributed by atoms with Crippen LogP contribution in [0, 0.1) is 11.7 Å². The van der Waals surface area contributed by atoms with Crippen molar-refractivity contribution in [1.29, 1.82) is 0 Å². The molecule has 4 aromatic carbocycles. The van der Waals surface area contributed by atoms with E-state index in [-0.39, 0.29) is 86.3 Å². The van der Waals surface area contributed by atoms with Crippen LogP contribution in [-0.4, -0.2) is 168 Å². The summed E-state index contributed by atoms with van der Waals surface area (Å²) in [4.78, 5) is 85.0. The number of hydrazone groups is 1. The summed E-state index contributed by atoms with van der Waals surface area (Å²) in [7, 11) is 1.61. The minimum absolute atomic E-state index is 0.0151. The molecule has 6 amide bonds. The van der Waals surface area contributed by atoms with Crippen molar-refractivity contribution in [3.05, 3.63) is 130 Å². The molecular formula is C61H80FN9O10.